The summed E-state index contributed by atoms with van der Waals surface area (Å²) in [7, 11) is -21.7. The minimum atomic E-state index is -6.09. The van der Waals surface area contributed by atoms with Crippen LogP contribution in [0.15, 0.2) is 0 Å². The Kier molecular flexibility index (Phi) is 85.3. The van der Waals surface area contributed by atoms with Crippen LogP contribution < -0.4 is 0 Å². The maximum atomic E-state index is 10.7. The predicted octanol–water partition coefficient (Wildman–Crippen LogP) is 15.4. The second-order valence-electron chi connectivity index (χ2n) is 13.3. The van der Waals surface area contributed by atoms with Crippen molar-refractivity contribution in [1.29, 1.82) is 0 Å². The van der Waals surface area contributed by atoms with Gasteiger partial charge in [-0.25, -0.2) is 33.7 Å². The van der Waals surface area contributed by atoms with Gasteiger partial charge in [-0.3, -0.25) is 0 Å². The van der Waals surface area contributed by atoms with Crippen LogP contribution in [0.25, 0.3) is 0 Å². The molecule has 0 aromatic carbocycles. The SMILES string of the molecule is CCP(CC)CC.CCP(CC)CC.CCP(CC)CC.CCP(CC)CC.CCP(CC)CC.CCP(CC)CC.O=S(=O)([O-])C(F)(F)F.O=S(=O)([O-])C(F)(F)F.O=S(=O)([O-])C(F)(F)F.O=S(=O)([O-])C(F)(F)F.[Ru+2].[Ru+2]. The van der Waals surface area contributed by atoms with E-state index in [1.54, 1.807) is 0 Å². The van der Waals surface area contributed by atoms with Crippen molar-refractivity contribution in [1.82, 2.24) is 0 Å². The van der Waals surface area contributed by atoms with E-state index < -0.39 is 62.5 Å². The maximum absolute atomic E-state index is 10.7. The van der Waals surface area contributed by atoms with Gasteiger partial charge in [-0.2, -0.15) is 52.7 Å². The topological polar surface area (TPSA) is 229 Å². The first-order valence-electron chi connectivity index (χ1n) is 23.5. The Balaban J connectivity index is -0.0000000597. The summed E-state index contributed by atoms with van der Waals surface area (Å²) in [4.78, 5) is 0. The first-order chi connectivity index (χ1) is 33.1. The second kappa shape index (κ2) is 60.7. The number of alkyl halides is 12. The molecular weight excluding hydrogens is 1420 g/mol. The van der Waals surface area contributed by atoms with Crippen molar-refractivity contribution in [3.8, 4) is 0 Å². The fourth-order valence-corrected chi connectivity index (χ4v) is 12.1. The van der Waals surface area contributed by atoms with Crippen molar-refractivity contribution >= 4 is 88.0 Å². The van der Waals surface area contributed by atoms with Crippen LogP contribution in [0.3, 0.4) is 0 Å². The molecule has 0 saturated heterocycles. The van der Waals surface area contributed by atoms with Crippen LogP contribution in [0.1, 0.15) is 125 Å². The van der Waals surface area contributed by atoms with E-state index in [1.165, 1.54) is 111 Å². The van der Waals surface area contributed by atoms with E-state index in [9.17, 15) is 52.7 Å². The summed E-state index contributed by atoms with van der Waals surface area (Å²) in [6.45, 7) is 41.2. The minimum Gasteiger partial charge on any atom is -0.741 e. The number of halogens is 12. The van der Waals surface area contributed by atoms with Crippen LogP contribution in [0.4, 0.5) is 52.7 Å². The van der Waals surface area contributed by atoms with Gasteiger partial charge in [-0.15, -0.1) is 47.5 Å². The van der Waals surface area contributed by atoms with Crippen LogP contribution in [-0.4, -0.2) is 185 Å². The normalized spacial score (nSPS) is 11.6. The van der Waals surface area contributed by atoms with E-state index in [4.69, 9.17) is 51.9 Å². The van der Waals surface area contributed by atoms with Gasteiger partial charge in [0.15, 0.2) is 40.5 Å². The Morgan fingerprint density at radius 1 is 0.224 bits per heavy atom. The number of hydrogen-bond donors (Lipinski definition) is 0. The molecule has 0 amide bonds. The zero-order valence-electron chi connectivity index (χ0n) is 47.2. The third kappa shape index (κ3) is 78.7. The van der Waals surface area contributed by atoms with Crippen molar-refractivity contribution in [3.63, 3.8) is 0 Å². The minimum absolute atomic E-state index is 0. The molecule has 0 aromatic rings. The van der Waals surface area contributed by atoms with Crippen LogP contribution >= 0.6 is 47.5 Å². The van der Waals surface area contributed by atoms with Gasteiger partial charge in [0.1, 0.15) is 0 Å². The van der Waals surface area contributed by atoms with E-state index in [0.29, 0.717) is 47.5 Å². The molecule has 0 aliphatic carbocycles. The van der Waals surface area contributed by atoms with E-state index in [2.05, 4.69) is 125 Å². The average Bonchev–Trinajstić information content (AvgIpc) is 3.27. The molecular formula is C40H90F12O12P6Ru2S4. The summed E-state index contributed by atoms with van der Waals surface area (Å²) >= 11 is 0. The third-order valence-corrected chi connectivity index (χ3v) is 27.6. The summed E-state index contributed by atoms with van der Waals surface area (Å²) in [5.41, 5.74) is -22.6. The summed E-state index contributed by atoms with van der Waals surface area (Å²) in [5, 5.41) is 0. The van der Waals surface area contributed by atoms with Gasteiger partial charge in [-0.1, -0.05) is 125 Å². The molecule has 0 spiro atoms. The Bertz CT molecular complexity index is 1350. The van der Waals surface area contributed by atoms with Gasteiger partial charge < -0.3 is 18.2 Å². The van der Waals surface area contributed by atoms with Crippen LogP contribution in [0, 0.1) is 0 Å². The monoisotopic (exact) mass is 1510 g/mol. The average molecular weight is 1510 g/mol. The van der Waals surface area contributed by atoms with Gasteiger partial charge in [0.2, 0.25) is 0 Å². The molecule has 0 aromatic heterocycles. The Morgan fingerprint density at radius 3 is 0.263 bits per heavy atom. The van der Waals surface area contributed by atoms with E-state index in [-0.39, 0.29) is 39.0 Å². The van der Waals surface area contributed by atoms with E-state index in [0.717, 1.165) is 0 Å². The largest absolute Gasteiger partial charge is 2.00 e. The molecule has 0 unspecified atom stereocenters. The van der Waals surface area contributed by atoms with Gasteiger partial charge in [0.05, 0.1) is 0 Å². The van der Waals surface area contributed by atoms with Crippen molar-refractivity contribution in [2.75, 3.05) is 111 Å². The van der Waals surface area contributed by atoms with Crippen molar-refractivity contribution in [2.24, 2.45) is 0 Å². The summed E-state index contributed by atoms with van der Waals surface area (Å²) in [5.74, 6) is 0. The van der Waals surface area contributed by atoms with Crippen LogP contribution in [0.5, 0.6) is 0 Å². The molecule has 0 atom stereocenters. The fourth-order valence-electron chi connectivity index (χ4n) is 4.02. The zero-order valence-corrected chi connectivity index (χ0v) is 59.3. The third-order valence-electron chi connectivity index (χ3n) is 9.18. The summed E-state index contributed by atoms with van der Waals surface area (Å²) in [6, 6.07) is 0. The molecule has 12 nitrogen and oxygen atoms in total. The molecule has 0 radical (unpaired) electrons. The maximum Gasteiger partial charge on any atom is 2.00 e. The van der Waals surface area contributed by atoms with E-state index in [1.807, 2.05) is 0 Å². The van der Waals surface area contributed by atoms with Gasteiger partial charge in [0, 0.05) is 0 Å². The quantitative estimate of drug-likeness (QED) is 0.0410. The standard InChI is InChI=1S/6C6H15P.4CHF3O3S.2Ru/c6*1-4-7(5-2)6-3;4*2-1(3,4)8(5,6)7;;/h6*4-6H2,1-3H3;4*(H,5,6,7);;/q;;;;;;;;;;2*+2/p-4. The number of hydrogen-bond acceptors (Lipinski definition) is 12. The molecule has 0 N–H and O–H groups in total. The molecule has 476 valence electrons. The smallest absolute Gasteiger partial charge is 0.741 e. The summed E-state index contributed by atoms with van der Waals surface area (Å²) in [6.07, 6.45) is 25.5. The molecule has 0 fully saturated rings. The molecule has 0 saturated carbocycles. The second-order valence-corrected chi connectivity index (χ2v) is 38.2. The van der Waals surface area contributed by atoms with Gasteiger partial charge in [0.25, 0.3) is 0 Å². The molecule has 0 heterocycles. The molecule has 0 rings (SSSR count). The van der Waals surface area contributed by atoms with Gasteiger partial charge >= 0.3 is 61.0 Å². The van der Waals surface area contributed by atoms with Crippen molar-refractivity contribution < 1.29 is 144 Å². The molecule has 0 bridgehead atoms. The van der Waals surface area contributed by atoms with Crippen molar-refractivity contribution in [3.05, 3.63) is 0 Å². The molecule has 0 aliphatic rings. The zero-order chi connectivity index (χ0) is 62.2. The molecule has 76 heavy (non-hydrogen) atoms. The van der Waals surface area contributed by atoms with Crippen LogP contribution in [-0.2, 0) is 79.4 Å². The fraction of sp³-hybridized carbons (Fsp3) is 1.00. The van der Waals surface area contributed by atoms with E-state index >= 15 is 0 Å². The number of rotatable bonds is 18. The first-order valence-corrected chi connectivity index (χ1v) is 40.5. The Labute approximate surface area is 485 Å². The predicted molar refractivity (Wildman–Crippen MR) is 294 cm³/mol. The van der Waals surface area contributed by atoms with Crippen LogP contribution in [0.2, 0.25) is 0 Å². The molecule has 0 aliphatic heterocycles. The Hall–Kier alpha value is 2.63. The van der Waals surface area contributed by atoms with Crippen molar-refractivity contribution in [2.45, 2.75) is 147 Å². The van der Waals surface area contributed by atoms with Gasteiger partial charge in [-0.05, 0) is 111 Å². The summed E-state index contributed by atoms with van der Waals surface area (Å²) < 4.78 is 236. The molecule has 36 heteroatoms. The first kappa shape index (κ1) is 107. The Morgan fingerprint density at radius 2 is 0.263 bits per heavy atom.